The number of methoxy groups -OCH3 is 1. The zero-order valence-electron chi connectivity index (χ0n) is 19.4. The summed E-state index contributed by atoms with van der Waals surface area (Å²) in [5, 5.41) is 12.9. The van der Waals surface area contributed by atoms with Crippen LogP contribution in [0.4, 0.5) is 0 Å². The molecule has 0 aliphatic rings. The topological polar surface area (TPSA) is 55.8 Å². The van der Waals surface area contributed by atoms with Gasteiger partial charge < -0.3 is 14.3 Å². The molecule has 31 heavy (non-hydrogen) atoms. The van der Waals surface area contributed by atoms with E-state index >= 15 is 0 Å². The lowest BCUT2D eigenvalue weighted by Gasteiger charge is -2.43. The summed E-state index contributed by atoms with van der Waals surface area (Å²) in [7, 11) is -1.20. The molecule has 0 fully saturated rings. The van der Waals surface area contributed by atoms with Gasteiger partial charge in [-0.25, -0.2) is 4.79 Å². The van der Waals surface area contributed by atoms with Crippen molar-refractivity contribution in [2.24, 2.45) is 5.92 Å². The molecule has 0 saturated heterocycles. The summed E-state index contributed by atoms with van der Waals surface area (Å²) < 4.78 is 11.5. The van der Waals surface area contributed by atoms with Crippen LogP contribution >= 0.6 is 0 Å². The van der Waals surface area contributed by atoms with E-state index < -0.39 is 20.4 Å². The van der Waals surface area contributed by atoms with E-state index in [0.717, 1.165) is 6.42 Å². The zero-order valence-corrected chi connectivity index (χ0v) is 20.4. The van der Waals surface area contributed by atoms with Crippen molar-refractivity contribution in [3.63, 3.8) is 0 Å². The van der Waals surface area contributed by atoms with Crippen LogP contribution in [0.1, 0.15) is 40.5 Å². The van der Waals surface area contributed by atoms with Crippen molar-refractivity contribution < 1.29 is 19.1 Å². The Bertz CT molecular complexity index is 788. The minimum absolute atomic E-state index is 0.0646. The largest absolute Gasteiger partial charge is 0.466 e. The van der Waals surface area contributed by atoms with Crippen LogP contribution in [0, 0.1) is 5.92 Å². The molecule has 0 spiro atoms. The molecule has 0 unspecified atom stereocenters. The van der Waals surface area contributed by atoms with Crippen molar-refractivity contribution >= 4 is 24.7 Å². The summed E-state index contributed by atoms with van der Waals surface area (Å²) in [6.45, 7) is 9.24. The minimum atomic E-state index is -2.54. The zero-order chi connectivity index (χ0) is 22.9. The average Bonchev–Trinajstić information content (AvgIpc) is 2.77. The number of hydrogen-bond donors (Lipinski definition) is 1. The van der Waals surface area contributed by atoms with E-state index in [2.05, 4.69) is 74.0 Å². The average molecular weight is 441 g/mol. The summed E-state index contributed by atoms with van der Waals surface area (Å²) in [5.74, 6) is -0.541. The molecular weight excluding hydrogens is 404 g/mol. The Hall–Kier alpha value is -2.21. The highest BCUT2D eigenvalue weighted by atomic mass is 28.4. The summed E-state index contributed by atoms with van der Waals surface area (Å²) in [6.07, 6.45) is 3.86. The molecule has 0 bridgehead atoms. The molecule has 1 N–H and O–H groups in total. The van der Waals surface area contributed by atoms with E-state index in [9.17, 15) is 9.90 Å². The number of aliphatic hydroxyl groups is 1. The van der Waals surface area contributed by atoms with Gasteiger partial charge in [-0.05, 0) is 28.3 Å². The lowest BCUT2D eigenvalue weighted by atomic mass is 10.0. The Balaban J connectivity index is 2.17. The molecule has 0 amide bonds. The van der Waals surface area contributed by atoms with Crippen molar-refractivity contribution in [2.45, 2.75) is 51.7 Å². The number of esters is 1. The monoisotopic (exact) mass is 440 g/mol. The maximum atomic E-state index is 11.3. The fourth-order valence-electron chi connectivity index (χ4n) is 3.97. The van der Waals surface area contributed by atoms with Gasteiger partial charge in [0, 0.05) is 18.6 Å². The first-order chi connectivity index (χ1) is 14.7. The molecule has 2 aromatic carbocycles. The van der Waals surface area contributed by atoms with Gasteiger partial charge in [-0.3, -0.25) is 0 Å². The van der Waals surface area contributed by atoms with Crippen LogP contribution in [0.25, 0.3) is 0 Å². The smallest absolute Gasteiger partial charge is 0.330 e. The molecule has 5 heteroatoms. The molecule has 0 heterocycles. The Morgan fingerprint density at radius 3 is 2.00 bits per heavy atom. The first kappa shape index (κ1) is 25.1. The Labute approximate surface area is 188 Å². The third-order valence-electron chi connectivity index (χ3n) is 5.72. The third kappa shape index (κ3) is 6.39. The van der Waals surface area contributed by atoms with E-state index in [1.807, 2.05) is 19.1 Å². The van der Waals surface area contributed by atoms with Crippen LogP contribution in [0.5, 0.6) is 0 Å². The third-order valence-corrected chi connectivity index (χ3v) is 10.8. The maximum absolute atomic E-state index is 11.3. The van der Waals surface area contributed by atoms with Gasteiger partial charge in [-0.15, -0.1) is 0 Å². The van der Waals surface area contributed by atoms with Crippen LogP contribution < -0.4 is 10.4 Å². The van der Waals surface area contributed by atoms with E-state index in [0.29, 0.717) is 13.0 Å². The molecule has 0 saturated carbocycles. The van der Waals surface area contributed by atoms with E-state index in [1.165, 1.54) is 23.6 Å². The maximum Gasteiger partial charge on any atom is 0.330 e. The standard InChI is InChI=1S/C26H36O4Si/c1-21(18-19-25(28)29-5)24(27)17-12-20-30-31(26(2,3)4,22-13-8-6-9-14-22)23-15-10-7-11-16-23/h6-11,13-16,18-19,21,24,27H,12,17,20H2,1-5H3/b19-18+/t21-,24+/m0/s1. The summed E-state index contributed by atoms with van der Waals surface area (Å²) >= 11 is 0. The normalized spacial score (nSPS) is 14.4. The molecule has 2 rings (SSSR count). The van der Waals surface area contributed by atoms with Crippen molar-refractivity contribution in [1.82, 2.24) is 0 Å². The summed E-state index contributed by atoms with van der Waals surface area (Å²) in [4.78, 5) is 11.3. The minimum Gasteiger partial charge on any atom is -0.466 e. The van der Waals surface area contributed by atoms with Crippen molar-refractivity contribution in [3.05, 3.63) is 72.8 Å². The van der Waals surface area contributed by atoms with Gasteiger partial charge in [0.1, 0.15) is 0 Å². The highest BCUT2D eigenvalue weighted by Crippen LogP contribution is 2.36. The van der Waals surface area contributed by atoms with Crippen molar-refractivity contribution in [2.75, 3.05) is 13.7 Å². The van der Waals surface area contributed by atoms with Crippen LogP contribution in [-0.4, -0.2) is 39.2 Å². The highest BCUT2D eigenvalue weighted by Gasteiger charge is 2.49. The number of carbonyl (C=O) groups excluding carboxylic acids is 1. The molecule has 0 radical (unpaired) electrons. The van der Waals surface area contributed by atoms with Gasteiger partial charge in [0.25, 0.3) is 8.32 Å². The number of benzene rings is 2. The molecule has 0 aliphatic heterocycles. The second-order valence-electron chi connectivity index (χ2n) is 8.96. The van der Waals surface area contributed by atoms with E-state index in [4.69, 9.17) is 4.43 Å². The molecule has 168 valence electrons. The fourth-order valence-corrected chi connectivity index (χ4v) is 8.57. The van der Waals surface area contributed by atoms with Gasteiger partial charge in [0.2, 0.25) is 0 Å². The second kappa shape index (κ2) is 11.4. The number of ether oxygens (including phenoxy) is 1. The second-order valence-corrected chi connectivity index (χ2v) is 13.3. The lowest BCUT2D eigenvalue weighted by Crippen LogP contribution is -2.66. The van der Waals surface area contributed by atoms with Crippen molar-refractivity contribution in [1.29, 1.82) is 0 Å². The fraction of sp³-hybridized carbons (Fsp3) is 0.423. The lowest BCUT2D eigenvalue weighted by molar-refractivity contribution is -0.134. The number of hydrogen-bond acceptors (Lipinski definition) is 4. The molecule has 0 aliphatic carbocycles. The number of aliphatic hydroxyl groups excluding tert-OH is 1. The molecule has 0 aromatic heterocycles. The van der Waals surface area contributed by atoms with Gasteiger partial charge in [0.15, 0.2) is 0 Å². The SMILES string of the molecule is COC(=O)/C=C/[C@H](C)[C@H](O)CCCO[Si](c1ccccc1)(c1ccccc1)C(C)(C)C. The predicted molar refractivity (Wildman–Crippen MR) is 129 cm³/mol. The molecule has 2 aromatic rings. The Morgan fingerprint density at radius 2 is 1.55 bits per heavy atom. The number of carbonyl (C=O) groups is 1. The van der Waals surface area contributed by atoms with E-state index in [1.54, 1.807) is 6.08 Å². The van der Waals surface area contributed by atoms with Gasteiger partial charge in [0.05, 0.1) is 13.2 Å². The molecule has 4 nitrogen and oxygen atoms in total. The first-order valence-electron chi connectivity index (χ1n) is 10.9. The summed E-state index contributed by atoms with van der Waals surface area (Å²) in [5.41, 5.74) is 0. The van der Waals surface area contributed by atoms with E-state index in [-0.39, 0.29) is 11.0 Å². The van der Waals surface area contributed by atoms with Gasteiger partial charge in [-0.1, -0.05) is 94.4 Å². The van der Waals surface area contributed by atoms with Crippen LogP contribution in [0.3, 0.4) is 0 Å². The quantitative estimate of drug-likeness (QED) is 0.262. The van der Waals surface area contributed by atoms with Gasteiger partial charge >= 0.3 is 5.97 Å². The Morgan fingerprint density at radius 1 is 1.03 bits per heavy atom. The number of rotatable bonds is 10. The molecular formula is C26H36O4Si. The predicted octanol–water partition coefficient (Wildman–Crippen LogP) is 4.07. The van der Waals surface area contributed by atoms with Gasteiger partial charge in [-0.2, -0.15) is 0 Å². The summed E-state index contributed by atoms with van der Waals surface area (Å²) in [6, 6.07) is 21.1. The Kier molecular flexibility index (Phi) is 9.23. The molecule has 2 atom stereocenters. The highest BCUT2D eigenvalue weighted by molar-refractivity contribution is 6.99. The first-order valence-corrected chi connectivity index (χ1v) is 12.8. The van der Waals surface area contributed by atoms with Crippen molar-refractivity contribution in [3.8, 4) is 0 Å². The van der Waals surface area contributed by atoms with Crippen LogP contribution in [0.2, 0.25) is 5.04 Å². The van der Waals surface area contributed by atoms with Crippen LogP contribution in [0.15, 0.2) is 72.8 Å². The van der Waals surface area contributed by atoms with Crippen LogP contribution in [-0.2, 0) is 14.0 Å².